The third-order valence-corrected chi connectivity index (χ3v) is 1.65. The van der Waals surface area contributed by atoms with Crippen LogP contribution in [0.3, 0.4) is 0 Å². The third kappa shape index (κ3) is 5.02. The minimum atomic E-state index is -1.04. The zero-order valence-corrected chi connectivity index (χ0v) is 7.60. The Morgan fingerprint density at radius 1 is 1.54 bits per heavy atom. The standard InChI is InChI=1S/C7H16N4O2/c1-2-4(11-7(9)10)3-5(8)6(12)13/h4-5H,2-3,8H2,1H3,(H,12,13)(H4,9,10,11). The monoisotopic (exact) mass is 188 g/mol. The Balaban J connectivity index is 4.13. The Labute approximate surface area is 76.8 Å². The van der Waals surface area contributed by atoms with E-state index in [1.807, 2.05) is 6.92 Å². The van der Waals surface area contributed by atoms with Gasteiger partial charge in [0.05, 0.1) is 6.04 Å². The zero-order chi connectivity index (χ0) is 10.4. The van der Waals surface area contributed by atoms with Crippen molar-refractivity contribution in [1.29, 1.82) is 0 Å². The molecule has 0 saturated heterocycles. The number of carboxylic acid groups (broad SMARTS) is 1. The molecule has 0 aromatic rings. The average molecular weight is 188 g/mol. The molecule has 6 nitrogen and oxygen atoms in total. The SMILES string of the molecule is CCC(CC(N)C(=O)O)N=C(N)N. The predicted octanol–water partition coefficient (Wildman–Crippen LogP) is -1.16. The van der Waals surface area contributed by atoms with Gasteiger partial charge in [0, 0.05) is 0 Å². The molecule has 0 amide bonds. The van der Waals surface area contributed by atoms with Crippen LogP contribution < -0.4 is 17.2 Å². The molecular formula is C7H16N4O2. The maximum absolute atomic E-state index is 10.4. The summed E-state index contributed by atoms with van der Waals surface area (Å²) in [4.78, 5) is 14.2. The lowest BCUT2D eigenvalue weighted by Gasteiger charge is -2.12. The zero-order valence-electron chi connectivity index (χ0n) is 7.60. The first-order valence-electron chi connectivity index (χ1n) is 4.04. The van der Waals surface area contributed by atoms with E-state index in [1.54, 1.807) is 0 Å². The van der Waals surface area contributed by atoms with E-state index < -0.39 is 12.0 Å². The van der Waals surface area contributed by atoms with Crippen LogP contribution in [0.4, 0.5) is 0 Å². The highest BCUT2D eigenvalue weighted by molar-refractivity contribution is 5.76. The third-order valence-electron chi connectivity index (χ3n) is 1.65. The molecule has 2 atom stereocenters. The van der Waals surface area contributed by atoms with Crippen molar-refractivity contribution in [1.82, 2.24) is 0 Å². The van der Waals surface area contributed by atoms with Gasteiger partial charge in [0.25, 0.3) is 0 Å². The molecule has 7 N–H and O–H groups in total. The van der Waals surface area contributed by atoms with Crippen molar-refractivity contribution < 1.29 is 9.90 Å². The number of rotatable bonds is 5. The first-order valence-corrected chi connectivity index (χ1v) is 4.04. The van der Waals surface area contributed by atoms with Crippen molar-refractivity contribution in [3.05, 3.63) is 0 Å². The smallest absolute Gasteiger partial charge is 0.320 e. The number of nitrogens with zero attached hydrogens (tertiary/aromatic N) is 1. The second-order valence-electron chi connectivity index (χ2n) is 2.80. The van der Waals surface area contributed by atoms with Gasteiger partial charge in [-0.05, 0) is 12.8 Å². The number of nitrogens with two attached hydrogens (primary N) is 3. The second-order valence-corrected chi connectivity index (χ2v) is 2.80. The summed E-state index contributed by atoms with van der Waals surface area (Å²) in [5, 5.41) is 8.52. The molecule has 0 aliphatic rings. The molecule has 0 rings (SSSR count). The number of guanidine groups is 1. The van der Waals surface area contributed by atoms with Crippen molar-refractivity contribution in [3.63, 3.8) is 0 Å². The molecule has 0 heterocycles. The Kier molecular flexibility index (Phi) is 4.83. The molecule has 0 aromatic heterocycles. The average Bonchev–Trinajstić information content (AvgIpc) is 2.02. The molecule has 2 unspecified atom stereocenters. The molecule has 0 spiro atoms. The maximum Gasteiger partial charge on any atom is 0.320 e. The topological polar surface area (TPSA) is 128 Å². The van der Waals surface area contributed by atoms with E-state index in [-0.39, 0.29) is 18.4 Å². The van der Waals surface area contributed by atoms with Crippen LogP contribution in [0.15, 0.2) is 4.99 Å². The highest BCUT2D eigenvalue weighted by Gasteiger charge is 2.16. The number of carboxylic acids is 1. The fraction of sp³-hybridized carbons (Fsp3) is 0.714. The van der Waals surface area contributed by atoms with Gasteiger partial charge in [-0.15, -0.1) is 0 Å². The Morgan fingerprint density at radius 3 is 2.38 bits per heavy atom. The van der Waals surface area contributed by atoms with E-state index in [0.717, 1.165) is 0 Å². The quantitative estimate of drug-likeness (QED) is 0.319. The molecule has 6 heteroatoms. The molecule has 0 fully saturated rings. The van der Waals surface area contributed by atoms with Crippen LogP contribution in [0.25, 0.3) is 0 Å². The maximum atomic E-state index is 10.4. The van der Waals surface area contributed by atoms with Gasteiger partial charge < -0.3 is 22.3 Å². The van der Waals surface area contributed by atoms with Gasteiger partial charge in [0.2, 0.25) is 0 Å². The molecule has 0 aliphatic heterocycles. The number of hydrogen-bond acceptors (Lipinski definition) is 3. The van der Waals surface area contributed by atoms with E-state index in [1.165, 1.54) is 0 Å². The van der Waals surface area contributed by atoms with Gasteiger partial charge >= 0.3 is 5.97 Å². The van der Waals surface area contributed by atoms with E-state index in [0.29, 0.717) is 6.42 Å². The molecular weight excluding hydrogens is 172 g/mol. The van der Waals surface area contributed by atoms with Crippen LogP contribution in [0.5, 0.6) is 0 Å². The van der Waals surface area contributed by atoms with Gasteiger partial charge in [-0.3, -0.25) is 9.79 Å². The largest absolute Gasteiger partial charge is 0.480 e. The van der Waals surface area contributed by atoms with Crippen molar-refractivity contribution in [2.24, 2.45) is 22.2 Å². The summed E-state index contributed by atoms with van der Waals surface area (Å²) in [6.07, 6.45) is 0.919. The van der Waals surface area contributed by atoms with E-state index >= 15 is 0 Å². The van der Waals surface area contributed by atoms with Gasteiger partial charge in [-0.25, -0.2) is 0 Å². The molecule has 0 bridgehead atoms. The minimum absolute atomic E-state index is 0.0376. The lowest BCUT2D eigenvalue weighted by Crippen LogP contribution is -2.35. The summed E-state index contributed by atoms with van der Waals surface area (Å²) in [5.74, 6) is -1.08. The Morgan fingerprint density at radius 2 is 2.08 bits per heavy atom. The lowest BCUT2D eigenvalue weighted by atomic mass is 10.1. The van der Waals surface area contributed by atoms with Crippen LogP contribution >= 0.6 is 0 Å². The predicted molar refractivity (Wildman–Crippen MR) is 50.1 cm³/mol. The molecule has 13 heavy (non-hydrogen) atoms. The number of carbonyl (C=O) groups is 1. The van der Waals surface area contributed by atoms with Gasteiger partial charge in [-0.2, -0.15) is 0 Å². The first-order chi connectivity index (χ1) is 5.97. The van der Waals surface area contributed by atoms with Gasteiger partial charge in [0.15, 0.2) is 5.96 Å². The van der Waals surface area contributed by atoms with E-state index in [2.05, 4.69) is 4.99 Å². The van der Waals surface area contributed by atoms with Gasteiger partial charge in [0.1, 0.15) is 6.04 Å². The van der Waals surface area contributed by atoms with Crippen molar-refractivity contribution in [2.75, 3.05) is 0 Å². The van der Waals surface area contributed by atoms with E-state index in [9.17, 15) is 4.79 Å². The van der Waals surface area contributed by atoms with Crippen LogP contribution in [0, 0.1) is 0 Å². The van der Waals surface area contributed by atoms with Gasteiger partial charge in [-0.1, -0.05) is 6.92 Å². The summed E-state index contributed by atoms with van der Waals surface area (Å²) >= 11 is 0. The minimum Gasteiger partial charge on any atom is -0.480 e. The van der Waals surface area contributed by atoms with Crippen molar-refractivity contribution >= 4 is 11.9 Å². The summed E-state index contributed by atoms with van der Waals surface area (Å²) < 4.78 is 0. The van der Waals surface area contributed by atoms with Crippen LogP contribution in [-0.4, -0.2) is 29.1 Å². The normalized spacial score (nSPS) is 14.6. The molecule has 0 aliphatic carbocycles. The second kappa shape index (κ2) is 5.36. The fourth-order valence-corrected chi connectivity index (χ4v) is 0.915. The molecule has 0 saturated carbocycles. The molecule has 0 radical (unpaired) electrons. The summed E-state index contributed by atoms with van der Waals surface area (Å²) in [6, 6.07) is -1.12. The number of hydrogen-bond donors (Lipinski definition) is 4. The number of aliphatic imine (C=N–C) groups is 1. The van der Waals surface area contributed by atoms with Crippen molar-refractivity contribution in [3.8, 4) is 0 Å². The highest BCUT2D eigenvalue weighted by Crippen LogP contribution is 2.05. The fourth-order valence-electron chi connectivity index (χ4n) is 0.915. The summed E-state index contributed by atoms with van der Waals surface area (Å²) in [7, 11) is 0. The Bertz CT molecular complexity index is 201. The number of aliphatic carboxylic acids is 1. The molecule has 0 aromatic carbocycles. The lowest BCUT2D eigenvalue weighted by molar-refractivity contribution is -0.138. The Hall–Kier alpha value is -1.30. The van der Waals surface area contributed by atoms with Crippen LogP contribution in [0.2, 0.25) is 0 Å². The van der Waals surface area contributed by atoms with Crippen LogP contribution in [-0.2, 0) is 4.79 Å². The highest BCUT2D eigenvalue weighted by atomic mass is 16.4. The summed E-state index contributed by atoms with van der Waals surface area (Å²) in [5.41, 5.74) is 15.6. The molecule has 76 valence electrons. The van der Waals surface area contributed by atoms with Crippen LogP contribution in [0.1, 0.15) is 19.8 Å². The van der Waals surface area contributed by atoms with Crippen molar-refractivity contribution in [2.45, 2.75) is 31.8 Å². The first kappa shape index (κ1) is 11.7. The summed E-state index contributed by atoms with van der Waals surface area (Å²) in [6.45, 7) is 1.87. The van der Waals surface area contributed by atoms with E-state index in [4.69, 9.17) is 22.3 Å².